The van der Waals surface area contributed by atoms with Crippen LogP contribution >= 0.6 is 0 Å². The van der Waals surface area contributed by atoms with Crippen molar-refractivity contribution in [1.29, 1.82) is 0 Å². The summed E-state index contributed by atoms with van der Waals surface area (Å²) in [4.78, 5) is 27.0. The highest BCUT2D eigenvalue weighted by Crippen LogP contribution is 2.08. The standard InChI is InChI=1S/C9H17NO4/c1-9(2,3)14-8(12)6-7(11)10(4)13-5/h6H2,1-5H3. The Bertz CT molecular complexity index is 219. The fourth-order valence-corrected chi connectivity index (χ4v) is 0.714. The van der Waals surface area contributed by atoms with Gasteiger partial charge in [0.15, 0.2) is 0 Å². The maximum absolute atomic E-state index is 11.2. The topological polar surface area (TPSA) is 55.8 Å². The van der Waals surface area contributed by atoms with Gasteiger partial charge in [0.2, 0.25) is 0 Å². The van der Waals surface area contributed by atoms with Gasteiger partial charge in [-0.3, -0.25) is 14.4 Å². The van der Waals surface area contributed by atoms with Gasteiger partial charge in [0.05, 0.1) is 7.11 Å². The molecule has 0 saturated carbocycles. The van der Waals surface area contributed by atoms with Crippen LogP contribution in [0.5, 0.6) is 0 Å². The van der Waals surface area contributed by atoms with Crippen molar-refractivity contribution in [2.45, 2.75) is 32.8 Å². The summed E-state index contributed by atoms with van der Waals surface area (Å²) in [7, 11) is 2.79. The minimum absolute atomic E-state index is 0.304. The summed E-state index contributed by atoms with van der Waals surface area (Å²) in [6.45, 7) is 5.24. The second kappa shape index (κ2) is 4.95. The van der Waals surface area contributed by atoms with Gasteiger partial charge in [-0.25, -0.2) is 5.06 Å². The summed E-state index contributed by atoms with van der Waals surface area (Å²) in [5.41, 5.74) is -0.566. The maximum atomic E-state index is 11.2. The Labute approximate surface area is 83.9 Å². The zero-order chi connectivity index (χ0) is 11.4. The molecule has 0 atom stereocenters. The summed E-state index contributed by atoms with van der Waals surface area (Å²) in [6, 6.07) is 0. The van der Waals surface area contributed by atoms with E-state index in [2.05, 4.69) is 4.84 Å². The Kier molecular flexibility index (Phi) is 4.56. The second-order valence-corrected chi connectivity index (χ2v) is 3.84. The molecule has 0 aliphatic rings. The highest BCUT2D eigenvalue weighted by atomic mass is 16.7. The van der Waals surface area contributed by atoms with Crippen LogP contribution < -0.4 is 0 Å². The molecule has 0 aromatic heterocycles. The van der Waals surface area contributed by atoms with Gasteiger partial charge in [-0.05, 0) is 20.8 Å². The van der Waals surface area contributed by atoms with Crippen molar-refractivity contribution in [3.8, 4) is 0 Å². The molecule has 0 N–H and O–H groups in total. The number of amides is 1. The molecule has 0 aromatic rings. The predicted molar refractivity (Wildman–Crippen MR) is 50.2 cm³/mol. The monoisotopic (exact) mass is 203 g/mol. The van der Waals surface area contributed by atoms with Crippen LogP contribution in [0.15, 0.2) is 0 Å². The van der Waals surface area contributed by atoms with E-state index >= 15 is 0 Å². The van der Waals surface area contributed by atoms with Crippen molar-refractivity contribution in [2.75, 3.05) is 14.2 Å². The molecule has 0 fully saturated rings. The Morgan fingerprint density at radius 2 is 1.79 bits per heavy atom. The van der Waals surface area contributed by atoms with Crippen LogP contribution in [0.2, 0.25) is 0 Å². The highest BCUT2D eigenvalue weighted by Gasteiger charge is 2.20. The number of carbonyl (C=O) groups excluding carboxylic acids is 2. The van der Waals surface area contributed by atoms with E-state index < -0.39 is 17.5 Å². The molecule has 82 valence electrons. The van der Waals surface area contributed by atoms with Gasteiger partial charge in [0.1, 0.15) is 12.0 Å². The van der Waals surface area contributed by atoms with Crippen LogP contribution in [-0.2, 0) is 19.2 Å². The fraction of sp³-hybridized carbons (Fsp3) is 0.778. The van der Waals surface area contributed by atoms with E-state index in [-0.39, 0.29) is 6.42 Å². The third-order valence-electron chi connectivity index (χ3n) is 1.34. The summed E-state index contributed by atoms with van der Waals surface area (Å²) in [6.07, 6.45) is -0.304. The normalized spacial score (nSPS) is 10.9. The lowest BCUT2D eigenvalue weighted by Crippen LogP contribution is -2.31. The lowest BCUT2D eigenvalue weighted by atomic mass is 10.2. The Morgan fingerprint density at radius 3 is 2.14 bits per heavy atom. The molecule has 5 nitrogen and oxygen atoms in total. The molecule has 1 amide bonds. The third kappa shape index (κ3) is 5.53. The molecule has 0 bridgehead atoms. The molecular formula is C9H17NO4. The smallest absolute Gasteiger partial charge is 0.315 e. The van der Waals surface area contributed by atoms with Crippen molar-refractivity contribution < 1.29 is 19.2 Å². The van der Waals surface area contributed by atoms with Gasteiger partial charge < -0.3 is 4.74 Å². The number of esters is 1. The van der Waals surface area contributed by atoms with Crippen LogP contribution in [0.3, 0.4) is 0 Å². The predicted octanol–water partition coefficient (Wildman–Crippen LogP) is 0.738. The SMILES string of the molecule is CON(C)C(=O)CC(=O)OC(C)(C)C. The van der Waals surface area contributed by atoms with Crippen molar-refractivity contribution in [2.24, 2.45) is 0 Å². The minimum atomic E-state index is -0.566. The zero-order valence-electron chi connectivity index (χ0n) is 9.29. The minimum Gasteiger partial charge on any atom is -0.460 e. The van der Waals surface area contributed by atoms with Gasteiger partial charge in [-0.15, -0.1) is 0 Å². The second-order valence-electron chi connectivity index (χ2n) is 3.84. The van der Waals surface area contributed by atoms with Gasteiger partial charge in [-0.1, -0.05) is 0 Å². The Balaban J connectivity index is 4.02. The quantitative estimate of drug-likeness (QED) is 0.385. The van der Waals surface area contributed by atoms with E-state index in [4.69, 9.17) is 4.74 Å². The molecule has 0 spiro atoms. The fourth-order valence-electron chi connectivity index (χ4n) is 0.714. The van der Waals surface area contributed by atoms with Gasteiger partial charge in [-0.2, -0.15) is 0 Å². The van der Waals surface area contributed by atoms with Crippen molar-refractivity contribution in [3.63, 3.8) is 0 Å². The number of ether oxygens (including phenoxy) is 1. The molecule has 0 aliphatic carbocycles. The number of rotatable bonds is 3. The molecule has 0 heterocycles. The first-order chi connectivity index (χ1) is 6.26. The number of hydrogen-bond acceptors (Lipinski definition) is 4. The molecule has 5 heteroatoms. The van der Waals surface area contributed by atoms with Crippen LogP contribution in [0.4, 0.5) is 0 Å². The van der Waals surface area contributed by atoms with E-state index in [1.165, 1.54) is 14.2 Å². The van der Waals surface area contributed by atoms with Crippen molar-refractivity contribution >= 4 is 11.9 Å². The van der Waals surface area contributed by atoms with E-state index in [0.717, 1.165) is 5.06 Å². The number of nitrogens with zero attached hydrogens (tertiary/aromatic N) is 1. The average Bonchev–Trinajstić information content (AvgIpc) is 1.99. The third-order valence-corrected chi connectivity index (χ3v) is 1.34. The first kappa shape index (κ1) is 12.9. The van der Waals surface area contributed by atoms with Crippen LogP contribution in [0.1, 0.15) is 27.2 Å². The average molecular weight is 203 g/mol. The van der Waals surface area contributed by atoms with Gasteiger partial charge in [0, 0.05) is 7.05 Å². The van der Waals surface area contributed by atoms with E-state index in [1.54, 1.807) is 20.8 Å². The van der Waals surface area contributed by atoms with E-state index in [9.17, 15) is 9.59 Å². The summed E-state index contributed by atoms with van der Waals surface area (Å²) in [5, 5.41) is 0.990. The first-order valence-corrected chi connectivity index (χ1v) is 4.29. The molecular weight excluding hydrogens is 186 g/mol. The van der Waals surface area contributed by atoms with Gasteiger partial charge in [0.25, 0.3) is 5.91 Å². The molecule has 14 heavy (non-hydrogen) atoms. The summed E-state index contributed by atoms with van der Waals surface area (Å²) >= 11 is 0. The van der Waals surface area contributed by atoms with E-state index in [0.29, 0.717) is 0 Å². The van der Waals surface area contributed by atoms with Crippen LogP contribution in [-0.4, -0.2) is 36.7 Å². The van der Waals surface area contributed by atoms with Crippen LogP contribution in [0.25, 0.3) is 0 Å². The zero-order valence-corrected chi connectivity index (χ0v) is 9.29. The summed E-state index contributed by atoms with van der Waals surface area (Å²) < 4.78 is 4.96. The summed E-state index contributed by atoms with van der Waals surface area (Å²) in [5.74, 6) is -0.979. The first-order valence-electron chi connectivity index (χ1n) is 4.29. The van der Waals surface area contributed by atoms with Crippen LogP contribution in [0, 0.1) is 0 Å². The largest absolute Gasteiger partial charge is 0.460 e. The Morgan fingerprint density at radius 1 is 1.29 bits per heavy atom. The van der Waals surface area contributed by atoms with Crippen molar-refractivity contribution in [1.82, 2.24) is 5.06 Å². The molecule has 0 aromatic carbocycles. The van der Waals surface area contributed by atoms with Gasteiger partial charge >= 0.3 is 5.97 Å². The molecule has 0 radical (unpaired) electrons. The Hall–Kier alpha value is -1.10. The van der Waals surface area contributed by atoms with E-state index in [1.807, 2.05) is 0 Å². The number of hydroxylamine groups is 2. The molecule has 0 unspecified atom stereocenters. The number of carbonyl (C=O) groups is 2. The molecule has 0 aliphatic heterocycles. The lowest BCUT2D eigenvalue weighted by Gasteiger charge is -2.20. The highest BCUT2D eigenvalue weighted by molar-refractivity contribution is 5.93. The number of hydrogen-bond donors (Lipinski definition) is 0. The lowest BCUT2D eigenvalue weighted by molar-refractivity contribution is -0.175. The van der Waals surface area contributed by atoms with Crippen molar-refractivity contribution in [3.05, 3.63) is 0 Å². The molecule has 0 rings (SSSR count). The maximum Gasteiger partial charge on any atom is 0.315 e. The molecule has 0 saturated heterocycles.